The van der Waals surface area contributed by atoms with Gasteiger partial charge in [-0.2, -0.15) is 0 Å². The number of nitrogens with zero attached hydrogens (tertiary/aromatic N) is 4. The topological polar surface area (TPSA) is 56.7 Å². The van der Waals surface area contributed by atoms with Crippen LogP contribution in [-0.2, 0) is 6.54 Å². The highest BCUT2D eigenvalue weighted by atomic mass is 19.3. The molecule has 2 aromatic rings. The van der Waals surface area contributed by atoms with Crippen LogP contribution >= 0.6 is 0 Å². The summed E-state index contributed by atoms with van der Waals surface area (Å²) in [6.07, 6.45) is -1.10. The molecule has 0 bridgehead atoms. The largest absolute Gasteiger partial charge is 0.420 e. The molecule has 0 saturated carbocycles. The first-order chi connectivity index (χ1) is 7.58. The minimum Gasteiger partial charge on any atom is -0.420 e. The number of alkyl halides is 2. The molecule has 16 heavy (non-hydrogen) atoms. The number of aromatic nitrogens is 4. The van der Waals surface area contributed by atoms with Gasteiger partial charge in [-0.1, -0.05) is 0 Å². The van der Waals surface area contributed by atoms with Gasteiger partial charge in [-0.3, -0.25) is 0 Å². The standard InChI is InChI=1S/C9H10F2N4O/c1-5-8(9-14-13-6(2)16-9)15(4-12-5)3-7(10)11/h4,7H,3H2,1-2H3. The van der Waals surface area contributed by atoms with Crippen molar-refractivity contribution in [2.24, 2.45) is 0 Å². The second-order valence-electron chi connectivity index (χ2n) is 3.35. The summed E-state index contributed by atoms with van der Waals surface area (Å²) in [6, 6.07) is 0. The zero-order chi connectivity index (χ0) is 11.7. The summed E-state index contributed by atoms with van der Waals surface area (Å²) in [5.74, 6) is 0.604. The number of aryl methyl sites for hydroxylation is 2. The lowest BCUT2D eigenvalue weighted by molar-refractivity contribution is 0.127. The van der Waals surface area contributed by atoms with Gasteiger partial charge < -0.3 is 8.98 Å². The summed E-state index contributed by atoms with van der Waals surface area (Å²) in [5, 5.41) is 7.45. The van der Waals surface area contributed by atoms with E-state index in [1.807, 2.05) is 0 Å². The SMILES string of the molecule is Cc1nnc(-c2c(C)ncn2CC(F)F)o1. The van der Waals surface area contributed by atoms with Crippen molar-refractivity contribution in [2.45, 2.75) is 26.8 Å². The molecule has 0 aliphatic carbocycles. The maximum Gasteiger partial charge on any atom is 0.266 e. The van der Waals surface area contributed by atoms with Crippen molar-refractivity contribution >= 4 is 0 Å². The molecule has 0 spiro atoms. The average Bonchev–Trinajstić information content (AvgIpc) is 2.73. The van der Waals surface area contributed by atoms with E-state index in [0.29, 0.717) is 17.3 Å². The minimum absolute atomic E-state index is 0.216. The molecule has 0 fully saturated rings. The van der Waals surface area contributed by atoms with Crippen LogP contribution < -0.4 is 0 Å². The van der Waals surface area contributed by atoms with E-state index in [-0.39, 0.29) is 5.89 Å². The second kappa shape index (κ2) is 3.99. The molecule has 5 nitrogen and oxygen atoms in total. The average molecular weight is 228 g/mol. The zero-order valence-corrected chi connectivity index (χ0v) is 8.81. The summed E-state index contributed by atoms with van der Waals surface area (Å²) in [7, 11) is 0. The monoisotopic (exact) mass is 228 g/mol. The summed E-state index contributed by atoms with van der Waals surface area (Å²) < 4.78 is 31.1. The minimum atomic E-state index is -2.45. The molecule has 2 heterocycles. The fourth-order valence-electron chi connectivity index (χ4n) is 1.44. The lowest BCUT2D eigenvalue weighted by Crippen LogP contribution is -2.07. The number of imidazole rings is 1. The van der Waals surface area contributed by atoms with Crippen LogP contribution in [0.2, 0.25) is 0 Å². The molecule has 0 unspecified atom stereocenters. The Morgan fingerprint density at radius 1 is 1.38 bits per heavy atom. The highest BCUT2D eigenvalue weighted by molar-refractivity contribution is 5.50. The van der Waals surface area contributed by atoms with Gasteiger partial charge in [0.2, 0.25) is 5.89 Å². The van der Waals surface area contributed by atoms with Crippen LogP contribution in [0.1, 0.15) is 11.6 Å². The maximum atomic E-state index is 12.3. The molecule has 2 aromatic heterocycles. The molecule has 0 N–H and O–H groups in total. The predicted molar refractivity (Wildman–Crippen MR) is 51.0 cm³/mol. The Balaban J connectivity index is 2.42. The van der Waals surface area contributed by atoms with Crippen LogP contribution in [0.3, 0.4) is 0 Å². The third kappa shape index (κ3) is 1.93. The van der Waals surface area contributed by atoms with E-state index in [1.54, 1.807) is 13.8 Å². The Morgan fingerprint density at radius 2 is 2.12 bits per heavy atom. The van der Waals surface area contributed by atoms with Crippen LogP contribution in [0.25, 0.3) is 11.6 Å². The van der Waals surface area contributed by atoms with Crippen molar-refractivity contribution in [1.82, 2.24) is 19.7 Å². The molecule has 0 amide bonds. The van der Waals surface area contributed by atoms with Crippen LogP contribution in [-0.4, -0.2) is 26.2 Å². The Kier molecular flexibility index (Phi) is 2.67. The molecule has 0 atom stereocenters. The zero-order valence-electron chi connectivity index (χ0n) is 8.81. The quantitative estimate of drug-likeness (QED) is 0.803. The summed E-state index contributed by atoms with van der Waals surface area (Å²) in [6.45, 7) is 2.91. The van der Waals surface area contributed by atoms with Gasteiger partial charge in [0.1, 0.15) is 5.69 Å². The first-order valence-corrected chi connectivity index (χ1v) is 4.68. The molecular formula is C9H10F2N4O. The number of hydrogen-bond acceptors (Lipinski definition) is 4. The molecule has 0 aliphatic heterocycles. The molecule has 0 aromatic carbocycles. The van der Waals surface area contributed by atoms with Crippen molar-refractivity contribution in [3.63, 3.8) is 0 Å². The summed E-state index contributed by atoms with van der Waals surface area (Å²) >= 11 is 0. The fourth-order valence-corrected chi connectivity index (χ4v) is 1.44. The molecule has 0 radical (unpaired) electrons. The third-order valence-corrected chi connectivity index (χ3v) is 2.08. The third-order valence-electron chi connectivity index (χ3n) is 2.08. The van der Waals surface area contributed by atoms with Crippen molar-refractivity contribution in [2.75, 3.05) is 0 Å². The van der Waals surface area contributed by atoms with E-state index in [4.69, 9.17) is 4.42 Å². The first-order valence-electron chi connectivity index (χ1n) is 4.68. The molecule has 7 heteroatoms. The normalized spacial score (nSPS) is 11.3. The van der Waals surface area contributed by atoms with Gasteiger partial charge in [0, 0.05) is 6.92 Å². The molecular weight excluding hydrogens is 218 g/mol. The number of rotatable bonds is 3. The van der Waals surface area contributed by atoms with Gasteiger partial charge in [0.05, 0.1) is 18.6 Å². The lowest BCUT2D eigenvalue weighted by atomic mass is 10.3. The Bertz CT molecular complexity index is 491. The molecule has 86 valence electrons. The summed E-state index contributed by atoms with van der Waals surface area (Å²) in [5.41, 5.74) is 1.03. The van der Waals surface area contributed by atoms with E-state index < -0.39 is 13.0 Å². The van der Waals surface area contributed by atoms with Crippen molar-refractivity contribution in [1.29, 1.82) is 0 Å². The lowest BCUT2D eigenvalue weighted by Gasteiger charge is -2.04. The van der Waals surface area contributed by atoms with Gasteiger partial charge in [-0.15, -0.1) is 10.2 Å². The van der Waals surface area contributed by atoms with Crippen molar-refractivity contribution in [3.8, 4) is 11.6 Å². The van der Waals surface area contributed by atoms with E-state index in [1.165, 1.54) is 10.9 Å². The smallest absolute Gasteiger partial charge is 0.266 e. The predicted octanol–water partition coefficient (Wildman–Crippen LogP) is 1.82. The number of halogens is 2. The fraction of sp³-hybridized carbons (Fsp3) is 0.444. The van der Waals surface area contributed by atoms with Crippen molar-refractivity contribution in [3.05, 3.63) is 17.9 Å². The number of hydrogen-bond donors (Lipinski definition) is 0. The van der Waals surface area contributed by atoms with Gasteiger partial charge in [-0.25, -0.2) is 13.8 Å². The van der Waals surface area contributed by atoms with E-state index in [2.05, 4.69) is 15.2 Å². The summed E-state index contributed by atoms with van der Waals surface area (Å²) in [4.78, 5) is 3.96. The van der Waals surface area contributed by atoms with Crippen LogP contribution in [0.15, 0.2) is 10.7 Å². The van der Waals surface area contributed by atoms with E-state index >= 15 is 0 Å². The molecule has 2 rings (SSSR count). The van der Waals surface area contributed by atoms with Gasteiger partial charge >= 0.3 is 0 Å². The van der Waals surface area contributed by atoms with Crippen molar-refractivity contribution < 1.29 is 13.2 Å². The van der Waals surface area contributed by atoms with Gasteiger partial charge in [-0.05, 0) is 6.92 Å². The van der Waals surface area contributed by atoms with Crippen LogP contribution in [0.4, 0.5) is 8.78 Å². The highest BCUT2D eigenvalue weighted by Gasteiger charge is 2.17. The Hall–Kier alpha value is -1.79. The maximum absolute atomic E-state index is 12.3. The molecule has 0 saturated heterocycles. The Labute approximate surface area is 90.1 Å². The van der Waals surface area contributed by atoms with E-state index in [0.717, 1.165) is 0 Å². The van der Waals surface area contributed by atoms with Gasteiger partial charge in [0.25, 0.3) is 12.3 Å². The van der Waals surface area contributed by atoms with E-state index in [9.17, 15) is 8.78 Å². The van der Waals surface area contributed by atoms with Crippen LogP contribution in [0, 0.1) is 13.8 Å². The van der Waals surface area contributed by atoms with Crippen LogP contribution in [0.5, 0.6) is 0 Å². The highest BCUT2D eigenvalue weighted by Crippen LogP contribution is 2.22. The molecule has 0 aliphatic rings. The first kappa shape index (κ1) is 10.7. The van der Waals surface area contributed by atoms with Gasteiger partial charge in [0.15, 0.2) is 0 Å². The Morgan fingerprint density at radius 3 is 2.69 bits per heavy atom. The second-order valence-corrected chi connectivity index (χ2v) is 3.35.